The molecule has 4 heteroatoms. The molecule has 1 rings (SSSR count). The van der Waals surface area contributed by atoms with Gasteiger partial charge in [-0.05, 0) is 29.5 Å². The Labute approximate surface area is 62.1 Å². The normalized spacial score (nSPS) is 27.8. The number of hydrogen-bond acceptors (Lipinski definition) is 3. The summed E-state index contributed by atoms with van der Waals surface area (Å²) < 4.78 is 20.6. The van der Waals surface area contributed by atoms with Crippen molar-refractivity contribution in [1.29, 1.82) is 0 Å². The summed E-state index contributed by atoms with van der Waals surface area (Å²) in [6.07, 6.45) is 4.12. The van der Waals surface area contributed by atoms with Gasteiger partial charge in [-0.15, -0.1) is 0 Å². The highest BCUT2D eigenvalue weighted by Gasteiger charge is 2.04. The van der Waals surface area contributed by atoms with E-state index < -0.39 is 11.1 Å². The van der Waals surface area contributed by atoms with Crippen molar-refractivity contribution < 1.29 is 8.76 Å². The van der Waals surface area contributed by atoms with Crippen molar-refractivity contribution in [3.05, 3.63) is 11.1 Å². The van der Waals surface area contributed by atoms with Crippen LogP contribution < -0.4 is 0 Å². The van der Waals surface area contributed by atoms with Crippen molar-refractivity contribution in [1.82, 2.24) is 0 Å². The van der Waals surface area contributed by atoms with Gasteiger partial charge in [-0.2, -0.15) is 0 Å². The molecule has 3 nitrogen and oxygen atoms in total. The van der Waals surface area contributed by atoms with E-state index in [9.17, 15) is 8.76 Å². The molecule has 10 heavy (non-hydrogen) atoms. The zero-order valence-electron chi connectivity index (χ0n) is 5.61. The Bertz CT molecular complexity index is 210. The lowest BCUT2D eigenvalue weighted by Crippen LogP contribution is -2.02. The molecule has 0 amide bonds. The van der Waals surface area contributed by atoms with Crippen molar-refractivity contribution in [2.24, 2.45) is 10.9 Å². The van der Waals surface area contributed by atoms with E-state index in [1.807, 2.05) is 6.92 Å². The van der Waals surface area contributed by atoms with Gasteiger partial charge in [-0.25, -0.2) is 0 Å². The van der Waals surface area contributed by atoms with Crippen LogP contribution in [0.2, 0.25) is 0 Å². The molecular weight excluding hydrogens is 150 g/mol. The van der Waals surface area contributed by atoms with Gasteiger partial charge in [0.2, 0.25) is 0 Å². The van der Waals surface area contributed by atoms with Gasteiger partial charge in [-0.3, -0.25) is 9.20 Å². The van der Waals surface area contributed by atoms with E-state index in [2.05, 4.69) is 4.99 Å². The van der Waals surface area contributed by atoms with Crippen molar-refractivity contribution >= 4 is 17.3 Å². The topological polar surface area (TPSA) is 52.5 Å². The lowest BCUT2D eigenvalue weighted by atomic mass is 10.1. The molecule has 0 saturated carbocycles. The van der Waals surface area contributed by atoms with Gasteiger partial charge in [-0.1, -0.05) is 6.92 Å². The van der Waals surface area contributed by atoms with Crippen molar-refractivity contribution in [2.75, 3.05) is 0 Å². The summed E-state index contributed by atoms with van der Waals surface area (Å²) in [7, 11) is 0. The zero-order valence-corrected chi connectivity index (χ0v) is 6.43. The maximum absolute atomic E-state index is 10.3. The van der Waals surface area contributed by atoms with Gasteiger partial charge in [0.1, 0.15) is 5.03 Å². The second-order valence-electron chi connectivity index (χ2n) is 2.26. The molecule has 1 aliphatic rings. The summed E-state index contributed by atoms with van der Waals surface area (Å²) in [6.45, 7) is 1.96. The minimum Gasteiger partial charge on any atom is -0.767 e. The van der Waals surface area contributed by atoms with E-state index in [0.29, 0.717) is 5.92 Å². The SMILES string of the molecule is CC1C=C(S(=O)[O-])N=CC1. The molecule has 1 aliphatic heterocycles. The van der Waals surface area contributed by atoms with Crippen LogP contribution in [0.15, 0.2) is 16.1 Å². The molecule has 0 fully saturated rings. The van der Waals surface area contributed by atoms with Crippen LogP contribution in [0.5, 0.6) is 0 Å². The van der Waals surface area contributed by atoms with E-state index in [0.717, 1.165) is 6.42 Å². The maximum Gasteiger partial charge on any atom is 0.109 e. The van der Waals surface area contributed by atoms with Crippen molar-refractivity contribution in [3.8, 4) is 0 Å². The fourth-order valence-electron chi connectivity index (χ4n) is 0.762. The van der Waals surface area contributed by atoms with E-state index in [1.165, 1.54) is 0 Å². The maximum atomic E-state index is 10.3. The van der Waals surface area contributed by atoms with Crippen LogP contribution in [-0.2, 0) is 11.1 Å². The largest absolute Gasteiger partial charge is 0.767 e. The van der Waals surface area contributed by atoms with Crippen LogP contribution in [0.4, 0.5) is 0 Å². The Kier molecular flexibility index (Phi) is 2.34. The molecule has 0 bridgehead atoms. The molecule has 0 N–H and O–H groups in total. The Hall–Kier alpha value is -0.480. The lowest BCUT2D eigenvalue weighted by Gasteiger charge is -2.12. The number of rotatable bonds is 1. The fourth-order valence-corrected chi connectivity index (χ4v) is 1.27. The summed E-state index contributed by atoms with van der Waals surface area (Å²) in [5.41, 5.74) is 0. The monoisotopic (exact) mass is 158 g/mol. The number of allylic oxidation sites excluding steroid dienone is 1. The molecule has 1 heterocycles. The zero-order chi connectivity index (χ0) is 7.56. The number of aliphatic imine (C=N–C) groups is 1. The van der Waals surface area contributed by atoms with Crippen LogP contribution in [-0.4, -0.2) is 15.0 Å². The first-order chi connectivity index (χ1) is 4.70. The summed E-state index contributed by atoms with van der Waals surface area (Å²) in [5.74, 6) is 0.297. The predicted octanol–water partition coefficient (Wildman–Crippen LogP) is 0.818. The van der Waals surface area contributed by atoms with E-state index in [-0.39, 0.29) is 5.03 Å². The van der Waals surface area contributed by atoms with Gasteiger partial charge in [0.05, 0.1) is 0 Å². The van der Waals surface area contributed by atoms with E-state index in [1.54, 1.807) is 12.3 Å². The molecule has 0 radical (unpaired) electrons. The minimum absolute atomic E-state index is 0.166. The third-order valence-electron chi connectivity index (χ3n) is 1.29. The lowest BCUT2D eigenvalue weighted by molar-refractivity contribution is 0.542. The fraction of sp³-hybridized carbons (Fsp3) is 0.500. The van der Waals surface area contributed by atoms with Gasteiger partial charge in [0.25, 0.3) is 0 Å². The Morgan fingerprint density at radius 3 is 3.00 bits per heavy atom. The number of nitrogens with zero attached hydrogens (tertiary/aromatic N) is 1. The second-order valence-corrected chi connectivity index (χ2v) is 3.15. The van der Waals surface area contributed by atoms with Crippen LogP contribution in [0.1, 0.15) is 13.3 Å². The summed E-state index contributed by atoms with van der Waals surface area (Å²) in [4.78, 5) is 3.70. The predicted molar refractivity (Wildman–Crippen MR) is 39.3 cm³/mol. The first-order valence-electron chi connectivity index (χ1n) is 3.04. The molecule has 0 aromatic carbocycles. The van der Waals surface area contributed by atoms with Gasteiger partial charge in [0, 0.05) is 6.21 Å². The van der Waals surface area contributed by atoms with Gasteiger partial charge in [0.15, 0.2) is 0 Å². The number of hydrogen-bond donors (Lipinski definition) is 0. The Morgan fingerprint density at radius 1 is 1.90 bits per heavy atom. The van der Waals surface area contributed by atoms with Crippen molar-refractivity contribution in [3.63, 3.8) is 0 Å². The van der Waals surface area contributed by atoms with Crippen LogP contribution in [0, 0.1) is 5.92 Å². The molecule has 0 spiro atoms. The van der Waals surface area contributed by atoms with Crippen molar-refractivity contribution in [2.45, 2.75) is 13.3 Å². The standard InChI is InChI=1S/C6H9NO2S/c1-5-2-3-7-6(4-5)10(8)9/h3-5H,2H2,1H3,(H,8,9)/p-1. The second kappa shape index (κ2) is 3.07. The highest BCUT2D eigenvalue weighted by Crippen LogP contribution is 2.14. The first-order valence-corrected chi connectivity index (χ1v) is 4.11. The molecule has 0 aliphatic carbocycles. The molecule has 0 saturated heterocycles. The van der Waals surface area contributed by atoms with Gasteiger partial charge >= 0.3 is 0 Å². The molecular formula is C6H8NO2S-. The Morgan fingerprint density at radius 2 is 2.60 bits per heavy atom. The molecule has 2 atom stereocenters. The smallest absolute Gasteiger partial charge is 0.109 e. The van der Waals surface area contributed by atoms with Crippen LogP contribution in [0.3, 0.4) is 0 Å². The Balaban J connectivity index is 2.76. The first kappa shape index (κ1) is 7.63. The highest BCUT2D eigenvalue weighted by atomic mass is 32.2. The molecule has 0 aromatic heterocycles. The van der Waals surface area contributed by atoms with E-state index in [4.69, 9.17) is 0 Å². The van der Waals surface area contributed by atoms with Crippen LogP contribution in [0.25, 0.3) is 0 Å². The van der Waals surface area contributed by atoms with E-state index >= 15 is 0 Å². The summed E-state index contributed by atoms with van der Waals surface area (Å²) in [5, 5.41) is 0.166. The third-order valence-corrected chi connectivity index (χ3v) is 1.88. The minimum atomic E-state index is -2.16. The molecule has 56 valence electrons. The summed E-state index contributed by atoms with van der Waals surface area (Å²) in [6, 6.07) is 0. The molecule has 0 aromatic rings. The third kappa shape index (κ3) is 1.75. The molecule has 2 unspecified atom stereocenters. The summed E-state index contributed by atoms with van der Waals surface area (Å²) >= 11 is -2.16. The van der Waals surface area contributed by atoms with Crippen LogP contribution >= 0.6 is 0 Å². The average molecular weight is 158 g/mol. The quantitative estimate of drug-likeness (QED) is 0.530. The van der Waals surface area contributed by atoms with Gasteiger partial charge < -0.3 is 4.55 Å². The highest BCUT2D eigenvalue weighted by molar-refractivity contribution is 7.83. The average Bonchev–Trinajstić information content (AvgIpc) is 1.88.